The summed E-state index contributed by atoms with van der Waals surface area (Å²) in [5.41, 5.74) is 2.19. The summed E-state index contributed by atoms with van der Waals surface area (Å²) >= 11 is 0. The Labute approximate surface area is 221 Å². The van der Waals surface area contributed by atoms with Crippen LogP contribution in [0.2, 0.25) is 0 Å². The Hall–Kier alpha value is -3.07. The summed E-state index contributed by atoms with van der Waals surface area (Å²) in [5.74, 6) is -0.273. The molecule has 0 bridgehead atoms. The SMILES string of the molecule is CCOc1ccccc1N(CC(=O)N(Cc1ccccc1C)C(CC)C(=O)NC1CCCC1)S(C)(=O)=O. The van der Waals surface area contributed by atoms with Gasteiger partial charge in [0.2, 0.25) is 21.8 Å². The Morgan fingerprint density at radius 3 is 2.32 bits per heavy atom. The van der Waals surface area contributed by atoms with Gasteiger partial charge in [0, 0.05) is 12.6 Å². The molecule has 2 amide bonds. The van der Waals surface area contributed by atoms with E-state index < -0.39 is 28.5 Å². The van der Waals surface area contributed by atoms with Crippen molar-refractivity contribution in [1.29, 1.82) is 0 Å². The zero-order chi connectivity index (χ0) is 27.0. The van der Waals surface area contributed by atoms with Crippen LogP contribution in [0.25, 0.3) is 0 Å². The van der Waals surface area contributed by atoms with Crippen LogP contribution in [-0.4, -0.2) is 56.6 Å². The van der Waals surface area contributed by atoms with Crippen LogP contribution in [0.1, 0.15) is 57.1 Å². The minimum Gasteiger partial charge on any atom is -0.492 e. The fourth-order valence-corrected chi connectivity index (χ4v) is 5.65. The lowest BCUT2D eigenvalue weighted by Gasteiger charge is -2.34. The molecule has 1 N–H and O–H groups in total. The Morgan fingerprint density at radius 2 is 1.70 bits per heavy atom. The second kappa shape index (κ2) is 12.9. The van der Waals surface area contributed by atoms with Gasteiger partial charge in [-0.3, -0.25) is 13.9 Å². The Morgan fingerprint density at radius 1 is 1.05 bits per heavy atom. The maximum Gasteiger partial charge on any atom is 0.244 e. The lowest BCUT2D eigenvalue weighted by Crippen LogP contribution is -2.53. The lowest BCUT2D eigenvalue weighted by atomic mass is 10.1. The number of anilines is 1. The van der Waals surface area contributed by atoms with Gasteiger partial charge in [-0.05, 0) is 56.4 Å². The molecule has 0 aromatic heterocycles. The summed E-state index contributed by atoms with van der Waals surface area (Å²) in [6, 6.07) is 13.8. The molecule has 0 heterocycles. The predicted molar refractivity (Wildman–Crippen MR) is 146 cm³/mol. The van der Waals surface area contributed by atoms with E-state index in [9.17, 15) is 18.0 Å². The van der Waals surface area contributed by atoms with Gasteiger partial charge in [-0.15, -0.1) is 0 Å². The van der Waals surface area contributed by atoms with Crippen LogP contribution >= 0.6 is 0 Å². The molecule has 9 heteroatoms. The molecular formula is C28H39N3O5S. The highest BCUT2D eigenvalue weighted by Crippen LogP contribution is 2.30. The first-order valence-corrected chi connectivity index (χ1v) is 14.8. The summed E-state index contributed by atoms with van der Waals surface area (Å²) in [7, 11) is -3.83. The minimum atomic E-state index is -3.83. The van der Waals surface area contributed by atoms with Gasteiger partial charge in [0.25, 0.3) is 0 Å². The number of benzene rings is 2. The van der Waals surface area contributed by atoms with E-state index in [1.165, 1.54) is 4.90 Å². The molecule has 1 saturated carbocycles. The zero-order valence-electron chi connectivity index (χ0n) is 22.3. The van der Waals surface area contributed by atoms with Crippen molar-refractivity contribution >= 4 is 27.5 Å². The fraction of sp³-hybridized carbons (Fsp3) is 0.500. The van der Waals surface area contributed by atoms with E-state index in [0.717, 1.165) is 47.4 Å². The Kier molecular flexibility index (Phi) is 9.97. The summed E-state index contributed by atoms with van der Waals surface area (Å²) in [6.07, 6.45) is 5.50. The maximum absolute atomic E-state index is 13.9. The predicted octanol–water partition coefficient (Wildman–Crippen LogP) is 4.03. The van der Waals surface area contributed by atoms with Crippen LogP contribution in [0.4, 0.5) is 5.69 Å². The molecule has 1 aliphatic carbocycles. The van der Waals surface area contributed by atoms with Crippen molar-refractivity contribution in [1.82, 2.24) is 10.2 Å². The van der Waals surface area contributed by atoms with Gasteiger partial charge in [0.05, 0.1) is 18.6 Å². The van der Waals surface area contributed by atoms with E-state index in [1.54, 1.807) is 24.3 Å². The summed E-state index contributed by atoms with van der Waals surface area (Å²) in [6.45, 7) is 5.75. The molecular weight excluding hydrogens is 490 g/mol. The minimum absolute atomic E-state index is 0.113. The van der Waals surface area contributed by atoms with Crippen molar-refractivity contribution < 1.29 is 22.7 Å². The van der Waals surface area contributed by atoms with Crippen molar-refractivity contribution in [2.24, 2.45) is 0 Å². The van der Waals surface area contributed by atoms with Crippen molar-refractivity contribution in [3.63, 3.8) is 0 Å². The smallest absolute Gasteiger partial charge is 0.244 e. The summed E-state index contributed by atoms with van der Waals surface area (Å²) in [4.78, 5) is 28.8. The van der Waals surface area contributed by atoms with Gasteiger partial charge >= 0.3 is 0 Å². The molecule has 8 nitrogen and oxygen atoms in total. The van der Waals surface area contributed by atoms with Crippen LogP contribution in [0, 0.1) is 6.92 Å². The molecule has 0 radical (unpaired) electrons. The van der Waals surface area contributed by atoms with Gasteiger partial charge in [0.15, 0.2) is 0 Å². The van der Waals surface area contributed by atoms with Gasteiger partial charge < -0.3 is 15.0 Å². The number of rotatable bonds is 12. The number of para-hydroxylation sites is 2. The largest absolute Gasteiger partial charge is 0.492 e. The number of hydrogen-bond donors (Lipinski definition) is 1. The number of aryl methyl sites for hydroxylation is 1. The molecule has 0 saturated heterocycles. The van der Waals surface area contributed by atoms with E-state index in [-0.39, 0.29) is 18.5 Å². The van der Waals surface area contributed by atoms with Gasteiger partial charge in [0.1, 0.15) is 18.3 Å². The Bertz CT molecular complexity index is 1180. The molecule has 202 valence electrons. The van der Waals surface area contributed by atoms with Gasteiger partial charge in [-0.2, -0.15) is 0 Å². The summed E-state index contributed by atoms with van der Waals surface area (Å²) < 4.78 is 32.5. The number of nitrogens with zero attached hydrogens (tertiary/aromatic N) is 2. The molecule has 2 aromatic rings. The van der Waals surface area contributed by atoms with Crippen LogP contribution in [0.3, 0.4) is 0 Å². The van der Waals surface area contributed by atoms with E-state index in [4.69, 9.17) is 4.74 Å². The van der Waals surface area contributed by atoms with Crippen molar-refractivity contribution in [3.05, 3.63) is 59.7 Å². The fourth-order valence-electron chi connectivity index (χ4n) is 4.79. The van der Waals surface area contributed by atoms with E-state index in [0.29, 0.717) is 24.5 Å². The first-order valence-electron chi connectivity index (χ1n) is 13.0. The van der Waals surface area contributed by atoms with Crippen molar-refractivity contribution in [2.45, 2.75) is 71.5 Å². The first kappa shape index (κ1) is 28.5. The quantitative estimate of drug-likeness (QED) is 0.448. The number of carbonyl (C=O) groups is 2. The van der Waals surface area contributed by atoms with E-state index in [2.05, 4.69) is 5.32 Å². The van der Waals surface area contributed by atoms with Crippen molar-refractivity contribution in [3.8, 4) is 5.75 Å². The standard InChI is InChI=1S/C28H39N3O5S/c1-5-24(28(33)29-23-15-9-10-16-23)30(19-22-14-8-7-13-21(22)3)27(32)20-31(37(4,34)35)25-17-11-12-18-26(25)36-6-2/h7-8,11-14,17-18,23-24H,5-6,9-10,15-16,19-20H2,1-4H3,(H,29,33). The molecule has 1 aliphatic rings. The van der Waals surface area contributed by atoms with Crippen LogP contribution < -0.4 is 14.4 Å². The average Bonchev–Trinajstić information content (AvgIpc) is 3.36. The Balaban J connectivity index is 1.96. The number of carbonyl (C=O) groups excluding carboxylic acids is 2. The number of hydrogen-bond acceptors (Lipinski definition) is 5. The summed E-state index contributed by atoms with van der Waals surface area (Å²) in [5, 5.41) is 3.12. The van der Waals surface area contributed by atoms with Gasteiger partial charge in [-0.25, -0.2) is 8.42 Å². The van der Waals surface area contributed by atoms with E-state index in [1.807, 2.05) is 45.0 Å². The van der Waals surface area contributed by atoms with E-state index >= 15 is 0 Å². The molecule has 37 heavy (non-hydrogen) atoms. The van der Waals surface area contributed by atoms with Crippen LogP contribution in [0.15, 0.2) is 48.5 Å². The second-order valence-corrected chi connectivity index (χ2v) is 11.4. The highest BCUT2D eigenvalue weighted by molar-refractivity contribution is 7.92. The van der Waals surface area contributed by atoms with Crippen LogP contribution in [0.5, 0.6) is 5.75 Å². The highest BCUT2D eigenvalue weighted by Gasteiger charge is 2.33. The second-order valence-electron chi connectivity index (χ2n) is 9.53. The third kappa shape index (κ3) is 7.47. The zero-order valence-corrected chi connectivity index (χ0v) is 23.1. The number of ether oxygens (including phenoxy) is 1. The molecule has 1 fully saturated rings. The van der Waals surface area contributed by atoms with Crippen LogP contribution in [-0.2, 0) is 26.2 Å². The third-order valence-electron chi connectivity index (χ3n) is 6.80. The molecule has 0 aliphatic heterocycles. The number of nitrogens with one attached hydrogen (secondary N) is 1. The molecule has 1 atom stereocenters. The molecule has 0 spiro atoms. The topological polar surface area (TPSA) is 96.0 Å². The molecule has 1 unspecified atom stereocenters. The maximum atomic E-state index is 13.9. The third-order valence-corrected chi connectivity index (χ3v) is 7.93. The normalized spacial score (nSPS) is 14.7. The number of amides is 2. The van der Waals surface area contributed by atoms with Crippen molar-refractivity contribution in [2.75, 3.05) is 23.7 Å². The molecule has 3 rings (SSSR count). The highest BCUT2D eigenvalue weighted by atomic mass is 32.2. The monoisotopic (exact) mass is 529 g/mol. The average molecular weight is 530 g/mol. The molecule has 2 aromatic carbocycles. The van der Waals surface area contributed by atoms with Gasteiger partial charge in [-0.1, -0.05) is 56.2 Å². The first-order chi connectivity index (χ1) is 17.7. The number of sulfonamides is 1. The lowest BCUT2D eigenvalue weighted by molar-refractivity contribution is -0.140.